The number of nitrogens with zero attached hydrogens (tertiary/aromatic N) is 2. The van der Waals surface area contributed by atoms with E-state index in [-0.39, 0.29) is 18.0 Å². The molecule has 13 heteroatoms. The van der Waals surface area contributed by atoms with Crippen LogP contribution in [0.15, 0.2) is 36.3 Å². The van der Waals surface area contributed by atoms with Crippen LogP contribution in [-0.2, 0) is 14.8 Å². The molecule has 154 valence electrons. The molecule has 0 atom stereocenters. The average molecular weight is 422 g/mol. The first kappa shape index (κ1) is 23.0. The van der Waals surface area contributed by atoms with Gasteiger partial charge in [0.05, 0.1) is 4.91 Å². The summed E-state index contributed by atoms with van der Waals surface area (Å²) >= 11 is 0. The normalized spacial score (nSPS) is 17.7. The van der Waals surface area contributed by atoms with Gasteiger partial charge in [0.15, 0.2) is 0 Å². The van der Waals surface area contributed by atoms with E-state index in [1.165, 1.54) is 12.2 Å². The topological polar surface area (TPSA) is 66.9 Å². The second-order valence-corrected chi connectivity index (χ2v) is 7.18. The molecule has 1 aliphatic rings. The van der Waals surface area contributed by atoms with Crippen LogP contribution in [0.2, 0.25) is 0 Å². The van der Waals surface area contributed by atoms with Crippen LogP contribution in [0.4, 0.5) is 31.1 Å². The van der Waals surface area contributed by atoms with Gasteiger partial charge in [-0.2, -0.15) is 30.6 Å². The summed E-state index contributed by atoms with van der Waals surface area (Å²) in [5.41, 5.74) is 0. The standard InChI is InChI=1S/C14H16F6N2O4S/c1-3-5-10(4-2)27(24,25)22-8-6-21(7-9-22)12(23)26-11(13(15,16)17)14(18,19)20/h3-5,11H,1-2,6-9H2. The van der Waals surface area contributed by atoms with Crippen molar-refractivity contribution in [2.75, 3.05) is 26.2 Å². The molecule has 1 saturated heterocycles. The van der Waals surface area contributed by atoms with Gasteiger partial charge in [-0.1, -0.05) is 19.2 Å². The van der Waals surface area contributed by atoms with Crippen molar-refractivity contribution < 1.29 is 44.3 Å². The first-order valence-corrected chi connectivity index (χ1v) is 8.73. The van der Waals surface area contributed by atoms with Crippen molar-refractivity contribution in [1.82, 2.24) is 9.21 Å². The summed E-state index contributed by atoms with van der Waals surface area (Å²) in [7, 11) is -3.99. The summed E-state index contributed by atoms with van der Waals surface area (Å²) in [6.07, 6.45) is -14.3. The van der Waals surface area contributed by atoms with Crippen molar-refractivity contribution in [3.8, 4) is 0 Å². The second-order valence-electron chi connectivity index (χ2n) is 5.25. The van der Waals surface area contributed by atoms with E-state index in [0.29, 0.717) is 4.90 Å². The highest BCUT2D eigenvalue weighted by Gasteiger charge is 2.60. The fraction of sp³-hybridized carbons (Fsp3) is 0.500. The van der Waals surface area contributed by atoms with Crippen LogP contribution in [0.25, 0.3) is 0 Å². The number of sulfonamides is 1. The summed E-state index contributed by atoms with van der Waals surface area (Å²) in [5.74, 6) is 0. The Bertz CT molecular complexity index is 692. The molecule has 6 nitrogen and oxygen atoms in total. The number of carbonyl (C=O) groups is 1. The molecule has 0 bridgehead atoms. The summed E-state index contributed by atoms with van der Waals surface area (Å²) in [4.78, 5) is 12.0. The van der Waals surface area contributed by atoms with E-state index in [1.807, 2.05) is 0 Å². The average Bonchev–Trinajstić information content (AvgIpc) is 2.55. The van der Waals surface area contributed by atoms with Gasteiger partial charge in [0.1, 0.15) is 0 Å². The quantitative estimate of drug-likeness (QED) is 0.505. The van der Waals surface area contributed by atoms with Crippen LogP contribution in [0.3, 0.4) is 0 Å². The van der Waals surface area contributed by atoms with Crippen molar-refractivity contribution in [3.05, 3.63) is 36.3 Å². The van der Waals surface area contributed by atoms with Gasteiger partial charge < -0.3 is 9.64 Å². The lowest BCUT2D eigenvalue weighted by atomic mass is 10.3. The summed E-state index contributed by atoms with van der Waals surface area (Å²) in [5, 5.41) is 0. The number of ether oxygens (including phenoxy) is 1. The van der Waals surface area contributed by atoms with Gasteiger partial charge in [-0.15, -0.1) is 0 Å². The lowest BCUT2D eigenvalue weighted by Gasteiger charge is -2.34. The highest BCUT2D eigenvalue weighted by Crippen LogP contribution is 2.36. The van der Waals surface area contributed by atoms with E-state index >= 15 is 0 Å². The molecular weight excluding hydrogens is 406 g/mol. The number of alkyl halides is 6. The van der Waals surface area contributed by atoms with E-state index in [0.717, 1.165) is 10.4 Å². The molecule has 1 fully saturated rings. The minimum Gasteiger partial charge on any atom is -0.426 e. The number of piperazine rings is 1. The van der Waals surface area contributed by atoms with Gasteiger partial charge in [0, 0.05) is 26.2 Å². The molecule has 0 saturated carbocycles. The number of halogens is 6. The van der Waals surface area contributed by atoms with Crippen molar-refractivity contribution >= 4 is 16.1 Å². The third kappa shape index (κ3) is 5.73. The maximum atomic E-state index is 12.4. The Morgan fingerprint density at radius 1 is 1.00 bits per heavy atom. The van der Waals surface area contributed by atoms with Crippen LogP contribution in [-0.4, -0.2) is 68.4 Å². The Balaban J connectivity index is 2.82. The Hall–Kier alpha value is -2.02. The minimum absolute atomic E-state index is 0.192. The molecule has 1 heterocycles. The number of carbonyl (C=O) groups excluding carboxylic acids is 1. The van der Waals surface area contributed by atoms with Gasteiger partial charge in [-0.25, -0.2) is 13.2 Å². The van der Waals surface area contributed by atoms with Crippen LogP contribution in [0, 0.1) is 0 Å². The zero-order valence-electron chi connectivity index (χ0n) is 13.8. The van der Waals surface area contributed by atoms with Gasteiger partial charge in [-0.05, 0) is 12.2 Å². The molecule has 1 aliphatic heterocycles. The maximum absolute atomic E-state index is 12.4. The third-order valence-corrected chi connectivity index (χ3v) is 5.37. The van der Waals surface area contributed by atoms with E-state index in [2.05, 4.69) is 17.9 Å². The van der Waals surface area contributed by atoms with Crippen molar-refractivity contribution in [3.63, 3.8) is 0 Å². The number of amides is 1. The van der Waals surface area contributed by atoms with Gasteiger partial charge in [0.25, 0.3) is 6.10 Å². The number of hydrogen-bond acceptors (Lipinski definition) is 4. The largest absolute Gasteiger partial charge is 0.434 e. The third-order valence-electron chi connectivity index (χ3n) is 3.43. The molecule has 0 unspecified atom stereocenters. The smallest absolute Gasteiger partial charge is 0.426 e. The molecule has 27 heavy (non-hydrogen) atoms. The van der Waals surface area contributed by atoms with Gasteiger partial charge >= 0.3 is 18.4 Å². The van der Waals surface area contributed by atoms with Gasteiger partial charge in [0.2, 0.25) is 10.0 Å². The molecule has 0 aliphatic carbocycles. The molecular formula is C14H16F6N2O4S. The van der Waals surface area contributed by atoms with Crippen LogP contribution >= 0.6 is 0 Å². The Morgan fingerprint density at radius 2 is 1.48 bits per heavy atom. The number of hydrogen-bond donors (Lipinski definition) is 0. The monoisotopic (exact) mass is 422 g/mol. The van der Waals surface area contributed by atoms with Crippen molar-refractivity contribution in [1.29, 1.82) is 0 Å². The lowest BCUT2D eigenvalue weighted by molar-refractivity contribution is -0.308. The zero-order valence-corrected chi connectivity index (χ0v) is 14.6. The lowest BCUT2D eigenvalue weighted by Crippen LogP contribution is -2.53. The van der Waals surface area contributed by atoms with Crippen molar-refractivity contribution in [2.24, 2.45) is 0 Å². The molecule has 0 aromatic carbocycles. The predicted octanol–water partition coefficient (Wildman–Crippen LogP) is 2.82. The SMILES string of the molecule is C=CC=C(C=C)S(=O)(=O)N1CCN(C(=O)OC(C(F)(F)F)C(F)(F)F)CC1. The summed E-state index contributed by atoms with van der Waals surface area (Å²) in [6, 6.07) is 0. The fourth-order valence-corrected chi connectivity index (χ4v) is 3.55. The molecule has 0 N–H and O–H groups in total. The highest BCUT2D eigenvalue weighted by molar-refractivity contribution is 7.93. The molecule has 0 radical (unpaired) electrons. The minimum atomic E-state index is -5.83. The molecule has 1 rings (SSSR count). The molecule has 0 aromatic rings. The maximum Gasteiger partial charge on any atom is 0.434 e. The first-order chi connectivity index (χ1) is 12.2. The van der Waals surface area contributed by atoms with E-state index in [9.17, 15) is 39.6 Å². The fourth-order valence-electron chi connectivity index (χ4n) is 2.13. The Morgan fingerprint density at radius 3 is 1.85 bits per heavy atom. The molecule has 1 amide bonds. The van der Waals surface area contributed by atoms with Gasteiger partial charge in [-0.3, -0.25) is 0 Å². The van der Waals surface area contributed by atoms with Crippen LogP contribution < -0.4 is 0 Å². The summed E-state index contributed by atoms with van der Waals surface area (Å²) < 4.78 is 104. The van der Waals surface area contributed by atoms with E-state index in [1.54, 1.807) is 0 Å². The summed E-state index contributed by atoms with van der Waals surface area (Å²) in [6.45, 7) is 5.11. The van der Waals surface area contributed by atoms with E-state index < -0.39 is 47.7 Å². The zero-order chi connectivity index (χ0) is 21.0. The Labute approximate surface area is 151 Å². The predicted molar refractivity (Wildman–Crippen MR) is 82.9 cm³/mol. The first-order valence-electron chi connectivity index (χ1n) is 7.29. The molecule has 0 aromatic heterocycles. The van der Waals surface area contributed by atoms with E-state index in [4.69, 9.17) is 0 Å². The van der Waals surface area contributed by atoms with Crippen molar-refractivity contribution in [2.45, 2.75) is 18.5 Å². The Kier molecular flexibility index (Phi) is 7.11. The van der Waals surface area contributed by atoms with Crippen LogP contribution in [0.5, 0.6) is 0 Å². The number of rotatable bonds is 5. The molecule has 0 spiro atoms. The second kappa shape index (κ2) is 8.33. The highest BCUT2D eigenvalue weighted by atomic mass is 32.2. The number of allylic oxidation sites excluding steroid dienone is 3. The van der Waals surface area contributed by atoms with Crippen LogP contribution in [0.1, 0.15) is 0 Å².